The third-order valence-electron chi connectivity index (χ3n) is 5.55. The Kier molecular flexibility index (Phi) is 5.35. The second-order valence-electron chi connectivity index (χ2n) is 7.70. The molecule has 1 aromatic carbocycles. The van der Waals surface area contributed by atoms with Crippen LogP contribution in [-0.2, 0) is 11.3 Å². The van der Waals surface area contributed by atoms with E-state index in [2.05, 4.69) is 43.6 Å². The Morgan fingerprint density at radius 1 is 1.19 bits per heavy atom. The lowest BCUT2D eigenvalue weighted by Crippen LogP contribution is -2.45. The Morgan fingerprint density at radius 3 is 2.84 bits per heavy atom. The third-order valence-corrected chi connectivity index (χ3v) is 6.48. The Bertz CT molecular complexity index is 1210. The summed E-state index contributed by atoms with van der Waals surface area (Å²) in [6.45, 7) is 6.21. The van der Waals surface area contributed by atoms with Gasteiger partial charge in [0, 0.05) is 50.2 Å². The molecule has 31 heavy (non-hydrogen) atoms. The lowest BCUT2D eigenvalue weighted by atomic mass is 10.1. The molecule has 1 fully saturated rings. The lowest BCUT2D eigenvalue weighted by molar-refractivity contribution is -0.119. The van der Waals surface area contributed by atoms with Gasteiger partial charge in [0.1, 0.15) is 5.82 Å². The summed E-state index contributed by atoms with van der Waals surface area (Å²) in [7, 11) is 0. The molecular weight excluding hydrogens is 410 g/mol. The van der Waals surface area contributed by atoms with Crippen LogP contribution in [0, 0.1) is 6.92 Å². The number of aryl methyl sites for hydroxylation is 1. The van der Waals surface area contributed by atoms with Gasteiger partial charge in [0.15, 0.2) is 5.13 Å². The van der Waals surface area contributed by atoms with E-state index in [1.165, 1.54) is 5.56 Å². The number of rotatable bonds is 6. The van der Waals surface area contributed by atoms with Crippen molar-refractivity contribution in [2.24, 2.45) is 0 Å². The van der Waals surface area contributed by atoms with Gasteiger partial charge < -0.3 is 10.2 Å². The molecule has 0 spiro atoms. The first kappa shape index (κ1) is 19.7. The standard InChI is InChI=1S/C22H23N7OS/c1-15-18(12-24-27-15)17-2-3-19-20(11-17)31-22(25-19)26-21-10-16(4-5-23-21)13-28-6-8-29(14-30)9-7-28/h2-5,10-12,14H,6-9,13H2,1H3,(H,24,27)(H,23,25,26). The molecule has 158 valence electrons. The van der Waals surface area contributed by atoms with Crippen LogP contribution in [0.5, 0.6) is 0 Å². The predicted molar refractivity (Wildman–Crippen MR) is 122 cm³/mol. The number of H-pyrrole nitrogens is 1. The molecule has 8 nitrogen and oxygen atoms in total. The van der Waals surface area contributed by atoms with Gasteiger partial charge in [-0.2, -0.15) is 5.10 Å². The second kappa shape index (κ2) is 8.44. The summed E-state index contributed by atoms with van der Waals surface area (Å²) in [6, 6.07) is 10.4. The number of pyridine rings is 1. The number of aromatic amines is 1. The number of nitrogens with one attached hydrogen (secondary N) is 2. The van der Waals surface area contributed by atoms with Crippen LogP contribution in [0.4, 0.5) is 10.9 Å². The van der Waals surface area contributed by atoms with Crippen molar-refractivity contribution < 1.29 is 4.79 Å². The van der Waals surface area contributed by atoms with Crippen molar-refractivity contribution >= 4 is 38.9 Å². The van der Waals surface area contributed by atoms with E-state index in [9.17, 15) is 4.79 Å². The van der Waals surface area contributed by atoms with E-state index in [4.69, 9.17) is 4.98 Å². The van der Waals surface area contributed by atoms with E-state index < -0.39 is 0 Å². The van der Waals surface area contributed by atoms with Crippen LogP contribution < -0.4 is 5.32 Å². The number of amides is 1. The van der Waals surface area contributed by atoms with Crippen LogP contribution in [0.2, 0.25) is 0 Å². The topological polar surface area (TPSA) is 90.0 Å². The summed E-state index contributed by atoms with van der Waals surface area (Å²) in [5, 5.41) is 11.3. The van der Waals surface area contributed by atoms with Gasteiger partial charge in [0.05, 0.1) is 16.4 Å². The van der Waals surface area contributed by atoms with E-state index in [0.29, 0.717) is 0 Å². The number of piperazine rings is 1. The van der Waals surface area contributed by atoms with Gasteiger partial charge in [-0.05, 0) is 42.3 Å². The summed E-state index contributed by atoms with van der Waals surface area (Å²) in [5.41, 5.74) is 5.44. The summed E-state index contributed by atoms with van der Waals surface area (Å²) >= 11 is 1.61. The number of hydrogen-bond donors (Lipinski definition) is 2. The number of nitrogens with zero attached hydrogens (tertiary/aromatic N) is 5. The van der Waals surface area contributed by atoms with Gasteiger partial charge in [0.2, 0.25) is 6.41 Å². The van der Waals surface area contributed by atoms with E-state index in [-0.39, 0.29) is 0 Å². The maximum absolute atomic E-state index is 10.9. The van der Waals surface area contributed by atoms with Crippen LogP contribution in [0.3, 0.4) is 0 Å². The Balaban J connectivity index is 1.30. The summed E-state index contributed by atoms with van der Waals surface area (Å²) < 4.78 is 1.12. The Morgan fingerprint density at radius 2 is 2.06 bits per heavy atom. The number of fused-ring (bicyclic) bond motifs is 1. The number of carbonyl (C=O) groups is 1. The Labute approximate surface area is 183 Å². The zero-order valence-corrected chi connectivity index (χ0v) is 18.0. The molecule has 5 rings (SSSR count). The summed E-state index contributed by atoms with van der Waals surface area (Å²) in [4.78, 5) is 24.2. The van der Waals surface area contributed by atoms with Crippen LogP contribution in [0.25, 0.3) is 21.3 Å². The van der Waals surface area contributed by atoms with Crippen molar-refractivity contribution in [2.75, 3.05) is 31.5 Å². The highest BCUT2D eigenvalue weighted by Gasteiger charge is 2.16. The summed E-state index contributed by atoms with van der Waals surface area (Å²) in [5.74, 6) is 0.786. The highest BCUT2D eigenvalue weighted by Crippen LogP contribution is 2.32. The van der Waals surface area contributed by atoms with Crippen molar-refractivity contribution in [2.45, 2.75) is 13.5 Å². The Hall–Kier alpha value is -3.30. The minimum atomic E-state index is 0.783. The number of hydrogen-bond acceptors (Lipinski definition) is 7. The van der Waals surface area contributed by atoms with Crippen molar-refractivity contribution in [3.05, 3.63) is 54.0 Å². The van der Waals surface area contributed by atoms with Crippen molar-refractivity contribution in [1.82, 2.24) is 30.0 Å². The monoisotopic (exact) mass is 433 g/mol. The quantitative estimate of drug-likeness (QED) is 0.453. The fourth-order valence-corrected chi connectivity index (χ4v) is 4.74. The van der Waals surface area contributed by atoms with Crippen molar-refractivity contribution in [1.29, 1.82) is 0 Å². The van der Waals surface area contributed by atoms with Gasteiger partial charge >= 0.3 is 0 Å². The first-order chi connectivity index (χ1) is 15.2. The fourth-order valence-electron chi connectivity index (χ4n) is 3.82. The van der Waals surface area contributed by atoms with Gasteiger partial charge in [-0.15, -0.1) is 0 Å². The van der Waals surface area contributed by atoms with Crippen LogP contribution in [-0.4, -0.2) is 62.6 Å². The number of carbonyl (C=O) groups excluding carboxylic acids is 1. The smallest absolute Gasteiger partial charge is 0.209 e. The fraction of sp³-hybridized carbons (Fsp3) is 0.273. The molecule has 0 saturated carbocycles. The molecule has 3 aromatic heterocycles. The van der Waals surface area contributed by atoms with Crippen LogP contribution in [0.1, 0.15) is 11.3 Å². The molecular formula is C22H23N7OS. The molecule has 4 aromatic rings. The first-order valence-corrected chi connectivity index (χ1v) is 11.0. The molecule has 1 aliphatic rings. The zero-order valence-electron chi connectivity index (χ0n) is 17.2. The highest BCUT2D eigenvalue weighted by molar-refractivity contribution is 7.22. The van der Waals surface area contributed by atoms with E-state index in [1.807, 2.05) is 36.4 Å². The average molecular weight is 434 g/mol. The maximum atomic E-state index is 10.9. The SMILES string of the molecule is Cc1[nH]ncc1-c1ccc2nc(Nc3cc(CN4CCN(C=O)CC4)ccn3)sc2c1. The molecule has 2 N–H and O–H groups in total. The van der Waals surface area contributed by atoms with Gasteiger partial charge in [0.25, 0.3) is 0 Å². The normalized spacial score (nSPS) is 14.8. The minimum Gasteiger partial charge on any atom is -0.343 e. The molecule has 0 atom stereocenters. The van der Waals surface area contributed by atoms with E-state index in [0.717, 1.165) is 77.1 Å². The van der Waals surface area contributed by atoms with Gasteiger partial charge in [-0.3, -0.25) is 14.8 Å². The van der Waals surface area contributed by atoms with E-state index >= 15 is 0 Å². The molecule has 0 radical (unpaired) electrons. The zero-order chi connectivity index (χ0) is 21.2. The third kappa shape index (κ3) is 4.28. The molecule has 0 aliphatic carbocycles. The first-order valence-electron chi connectivity index (χ1n) is 10.2. The number of thiazole rings is 1. The lowest BCUT2D eigenvalue weighted by Gasteiger charge is -2.32. The molecule has 1 aliphatic heterocycles. The van der Waals surface area contributed by atoms with Crippen LogP contribution in [0.15, 0.2) is 42.7 Å². The predicted octanol–water partition coefficient (Wildman–Crippen LogP) is 3.41. The molecule has 0 unspecified atom stereocenters. The van der Waals surface area contributed by atoms with Crippen molar-refractivity contribution in [3.63, 3.8) is 0 Å². The summed E-state index contributed by atoms with van der Waals surface area (Å²) in [6.07, 6.45) is 4.61. The molecule has 1 amide bonds. The van der Waals surface area contributed by atoms with Gasteiger partial charge in [-0.25, -0.2) is 9.97 Å². The molecule has 0 bridgehead atoms. The van der Waals surface area contributed by atoms with Crippen molar-refractivity contribution in [3.8, 4) is 11.1 Å². The number of benzene rings is 1. The van der Waals surface area contributed by atoms with Crippen LogP contribution >= 0.6 is 11.3 Å². The average Bonchev–Trinajstić information content (AvgIpc) is 3.39. The molecule has 9 heteroatoms. The van der Waals surface area contributed by atoms with Gasteiger partial charge in [-0.1, -0.05) is 17.4 Å². The molecule has 4 heterocycles. The highest BCUT2D eigenvalue weighted by atomic mass is 32.1. The van der Waals surface area contributed by atoms with E-state index in [1.54, 1.807) is 11.3 Å². The number of aromatic nitrogens is 4. The largest absolute Gasteiger partial charge is 0.343 e. The minimum absolute atomic E-state index is 0.783. The number of anilines is 2. The second-order valence-corrected chi connectivity index (χ2v) is 8.73. The molecule has 1 saturated heterocycles. The maximum Gasteiger partial charge on any atom is 0.209 e.